The van der Waals surface area contributed by atoms with E-state index in [-0.39, 0.29) is 0 Å². The molecule has 2 amide bonds. The van der Waals surface area contributed by atoms with Crippen LogP contribution in [0, 0.1) is 0 Å². The Balaban J connectivity index is 2.57. The largest absolute Gasteiger partial charge is 0.359 e. The molecule has 1 aromatic carbocycles. The molecule has 1 aromatic rings. The first-order valence-electron chi connectivity index (χ1n) is 4.42. The fourth-order valence-corrected chi connectivity index (χ4v) is 0.994. The number of carbonyl (C=O) groups excluding carboxylic acids is 1. The number of carbonyl (C=O) groups is 1. The van der Waals surface area contributed by atoms with Gasteiger partial charge in [0.2, 0.25) is 0 Å². The van der Waals surface area contributed by atoms with Crippen LogP contribution in [0.4, 0.5) is 4.79 Å². The maximum Gasteiger partial charge on any atom is 0.359 e. The van der Waals surface area contributed by atoms with E-state index in [1.807, 2.05) is 37.3 Å². The van der Waals surface area contributed by atoms with E-state index in [4.69, 9.17) is 0 Å². The van der Waals surface area contributed by atoms with Gasteiger partial charge in [0.1, 0.15) is 0 Å². The maximum atomic E-state index is 10.9. The van der Waals surface area contributed by atoms with Crippen molar-refractivity contribution in [2.24, 2.45) is 5.10 Å². The lowest BCUT2D eigenvalue weighted by molar-refractivity contribution is 0.108. The molecular formula is C10H13N3O2. The van der Waals surface area contributed by atoms with Crippen LogP contribution in [-0.2, 0) is 4.84 Å². The summed E-state index contributed by atoms with van der Waals surface area (Å²) in [4.78, 5) is 15.3. The molecule has 5 heteroatoms. The zero-order valence-electron chi connectivity index (χ0n) is 8.65. The quantitative estimate of drug-likeness (QED) is 0.579. The zero-order valence-corrected chi connectivity index (χ0v) is 8.65. The van der Waals surface area contributed by atoms with Crippen molar-refractivity contribution in [1.29, 1.82) is 0 Å². The molecule has 0 radical (unpaired) electrons. The number of hydrazone groups is 1. The SMILES string of the molecule is CONC(=O)N/N=C(\C)c1ccccc1. The van der Waals surface area contributed by atoms with Gasteiger partial charge in [-0.05, 0) is 12.5 Å². The number of nitrogens with one attached hydrogen (secondary N) is 2. The monoisotopic (exact) mass is 207 g/mol. The second kappa shape index (κ2) is 5.77. The lowest BCUT2D eigenvalue weighted by Gasteiger charge is -2.02. The first kappa shape index (κ1) is 11.2. The fraction of sp³-hybridized carbons (Fsp3) is 0.200. The van der Waals surface area contributed by atoms with E-state index >= 15 is 0 Å². The van der Waals surface area contributed by atoms with E-state index in [0.29, 0.717) is 0 Å². The highest BCUT2D eigenvalue weighted by molar-refractivity contribution is 5.99. The van der Waals surface area contributed by atoms with Crippen LogP contribution >= 0.6 is 0 Å². The summed E-state index contributed by atoms with van der Waals surface area (Å²) >= 11 is 0. The number of benzene rings is 1. The molecule has 0 heterocycles. The molecule has 0 aliphatic carbocycles. The summed E-state index contributed by atoms with van der Waals surface area (Å²) in [7, 11) is 1.35. The third-order valence-corrected chi connectivity index (χ3v) is 1.71. The van der Waals surface area contributed by atoms with Crippen molar-refractivity contribution in [1.82, 2.24) is 10.9 Å². The second-order valence-electron chi connectivity index (χ2n) is 2.81. The first-order valence-corrected chi connectivity index (χ1v) is 4.42. The number of rotatable bonds is 3. The van der Waals surface area contributed by atoms with Gasteiger partial charge in [0.15, 0.2) is 0 Å². The predicted molar refractivity (Wildman–Crippen MR) is 57.3 cm³/mol. The molecule has 0 atom stereocenters. The average Bonchev–Trinajstić information content (AvgIpc) is 2.27. The smallest absolute Gasteiger partial charge is 0.275 e. The van der Waals surface area contributed by atoms with Gasteiger partial charge < -0.3 is 0 Å². The molecular weight excluding hydrogens is 194 g/mol. The Morgan fingerprint density at radius 3 is 2.60 bits per heavy atom. The Bertz CT molecular complexity index is 349. The molecule has 0 fully saturated rings. The van der Waals surface area contributed by atoms with Crippen molar-refractivity contribution in [3.8, 4) is 0 Å². The molecule has 0 saturated carbocycles. The van der Waals surface area contributed by atoms with E-state index in [1.54, 1.807) is 0 Å². The third-order valence-electron chi connectivity index (χ3n) is 1.71. The molecule has 0 aliphatic rings. The Hall–Kier alpha value is -1.88. The molecule has 0 bridgehead atoms. The van der Waals surface area contributed by atoms with Crippen LogP contribution in [0.15, 0.2) is 35.4 Å². The van der Waals surface area contributed by atoms with Gasteiger partial charge in [-0.2, -0.15) is 5.10 Å². The van der Waals surface area contributed by atoms with E-state index in [9.17, 15) is 4.79 Å². The minimum absolute atomic E-state index is 0.507. The van der Waals surface area contributed by atoms with Crippen molar-refractivity contribution in [3.63, 3.8) is 0 Å². The van der Waals surface area contributed by atoms with Gasteiger partial charge in [0.05, 0.1) is 12.8 Å². The van der Waals surface area contributed by atoms with Gasteiger partial charge in [-0.15, -0.1) is 0 Å². The van der Waals surface area contributed by atoms with Crippen LogP contribution in [0.25, 0.3) is 0 Å². The topological polar surface area (TPSA) is 62.7 Å². The van der Waals surface area contributed by atoms with Crippen LogP contribution in [0.3, 0.4) is 0 Å². The van der Waals surface area contributed by atoms with Gasteiger partial charge in [-0.1, -0.05) is 30.3 Å². The number of urea groups is 1. The number of amides is 2. The van der Waals surface area contributed by atoms with Crippen molar-refractivity contribution >= 4 is 11.7 Å². The second-order valence-corrected chi connectivity index (χ2v) is 2.81. The van der Waals surface area contributed by atoms with Crippen LogP contribution < -0.4 is 10.9 Å². The third kappa shape index (κ3) is 3.78. The summed E-state index contributed by atoms with van der Waals surface area (Å²) in [6, 6.07) is 9.05. The van der Waals surface area contributed by atoms with Crippen LogP contribution in [0.2, 0.25) is 0 Å². The highest BCUT2D eigenvalue weighted by atomic mass is 16.6. The number of hydroxylamine groups is 1. The molecule has 0 unspecified atom stereocenters. The Labute approximate surface area is 88.1 Å². The molecule has 2 N–H and O–H groups in total. The van der Waals surface area contributed by atoms with Gasteiger partial charge in [0.25, 0.3) is 0 Å². The summed E-state index contributed by atoms with van der Waals surface area (Å²) < 4.78 is 0. The summed E-state index contributed by atoms with van der Waals surface area (Å²) in [5.74, 6) is 0. The predicted octanol–water partition coefficient (Wildman–Crippen LogP) is 1.27. The fourth-order valence-electron chi connectivity index (χ4n) is 0.994. The van der Waals surface area contributed by atoms with Crippen molar-refractivity contribution in [3.05, 3.63) is 35.9 Å². The standard InChI is InChI=1S/C10H13N3O2/c1-8(9-6-4-3-5-7-9)11-12-10(14)13-15-2/h3-7H,1-2H3,(H2,12,13,14)/b11-8+. The molecule has 80 valence electrons. The average molecular weight is 207 g/mol. The zero-order chi connectivity index (χ0) is 11.1. The summed E-state index contributed by atoms with van der Waals surface area (Å²) in [6.45, 7) is 1.81. The highest BCUT2D eigenvalue weighted by Crippen LogP contribution is 1.99. The number of hydrogen-bond donors (Lipinski definition) is 2. The van der Waals surface area contributed by atoms with E-state index < -0.39 is 6.03 Å². The van der Waals surface area contributed by atoms with Crippen molar-refractivity contribution in [2.45, 2.75) is 6.92 Å². The van der Waals surface area contributed by atoms with E-state index in [2.05, 4.69) is 20.8 Å². The normalized spacial score (nSPS) is 10.9. The molecule has 0 aromatic heterocycles. The lowest BCUT2D eigenvalue weighted by Crippen LogP contribution is -2.31. The number of hydrogen-bond acceptors (Lipinski definition) is 3. The Morgan fingerprint density at radius 1 is 1.33 bits per heavy atom. The Morgan fingerprint density at radius 2 is 2.00 bits per heavy atom. The maximum absolute atomic E-state index is 10.9. The molecule has 0 spiro atoms. The summed E-state index contributed by atoms with van der Waals surface area (Å²) in [5, 5.41) is 3.89. The van der Waals surface area contributed by atoms with Crippen LogP contribution in [0.1, 0.15) is 12.5 Å². The van der Waals surface area contributed by atoms with Crippen LogP contribution in [0.5, 0.6) is 0 Å². The van der Waals surface area contributed by atoms with Crippen molar-refractivity contribution < 1.29 is 9.63 Å². The number of nitrogens with zero attached hydrogens (tertiary/aromatic N) is 1. The van der Waals surface area contributed by atoms with Gasteiger partial charge in [0, 0.05) is 0 Å². The van der Waals surface area contributed by atoms with Gasteiger partial charge in [-0.3, -0.25) is 4.84 Å². The summed E-state index contributed by atoms with van der Waals surface area (Å²) in [6.07, 6.45) is 0. The lowest BCUT2D eigenvalue weighted by atomic mass is 10.1. The minimum atomic E-state index is -0.507. The first-order chi connectivity index (χ1) is 7.24. The summed E-state index contributed by atoms with van der Waals surface area (Å²) in [5.41, 5.74) is 6.07. The van der Waals surface area contributed by atoms with Gasteiger partial charge in [-0.25, -0.2) is 15.7 Å². The van der Waals surface area contributed by atoms with Crippen molar-refractivity contribution in [2.75, 3.05) is 7.11 Å². The molecule has 15 heavy (non-hydrogen) atoms. The molecule has 1 rings (SSSR count). The molecule has 0 saturated heterocycles. The van der Waals surface area contributed by atoms with Gasteiger partial charge >= 0.3 is 6.03 Å². The van der Waals surface area contributed by atoms with Crippen LogP contribution in [-0.4, -0.2) is 18.9 Å². The van der Waals surface area contributed by atoms with E-state index in [0.717, 1.165) is 11.3 Å². The highest BCUT2D eigenvalue weighted by Gasteiger charge is 1.98. The van der Waals surface area contributed by atoms with E-state index in [1.165, 1.54) is 7.11 Å². The Kier molecular flexibility index (Phi) is 4.30. The molecule has 5 nitrogen and oxygen atoms in total. The molecule has 0 aliphatic heterocycles. The minimum Gasteiger partial charge on any atom is -0.275 e.